The van der Waals surface area contributed by atoms with Crippen LogP contribution in [0.2, 0.25) is 78.6 Å². The Bertz CT molecular complexity index is 1310. The topological polar surface area (TPSA) is 0 Å². The van der Waals surface area contributed by atoms with E-state index in [0.29, 0.717) is 10.4 Å². The van der Waals surface area contributed by atoms with E-state index in [1.165, 1.54) is 0 Å². The first-order valence-corrected chi connectivity index (χ1v) is 26.1. The zero-order chi connectivity index (χ0) is 28.1. The van der Waals surface area contributed by atoms with Gasteiger partial charge in [-0.2, -0.15) is 0 Å². The van der Waals surface area contributed by atoms with Gasteiger partial charge in [-0.1, -0.05) is 99.3 Å². The molecular formula is C26H36F6Si4. The van der Waals surface area contributed by atoms with Crippen molar-refractivity contribution in [2.45, 2.75) is 78.6 Å². The Morgan fingerprint density at radius 3 is 0.694 bits per heavy atom. The first-order valence-electron chi connectivity index (χ1n) is 12.1. The molecule has 10 heteroatoms. The lowest BCUT2D eigenvalue weighted by molar-refractivity contribution is 0.415. The van der Waals surface area contributed by atoms with Crippen molar-refractivity contribution in [3.8, 4) is 0 Å². The van der Waals surface area contributed by atoms with Crippen LogP contribution in [0.5, 0.6) is 0 Å². The molecule has 0 spiro atoms. The number of hydrogen-bond acceptors (Lipinski definition) is 0. The summed E-state index contributed by atoms with van der Waals surface area (Å²) in [5.74, 6) is -10.5. The van der Waals surface area contributed by atoms with Gasteiger partial charge in [0.05, 0.1) is 43.1 Å². The summed E-state index contributed by atoms with van der Waals surface area (Å²) in [7, 11) is -9.36. The fraction of sp³-hybridized carbons (Fsp3) is 0.462. The SMILES string of the molecule is C[Si](C)(C)c1c([Si](C)(C)C)c([Si](C)(C)C)c2c(F)c3c(F)c(F)c(F)c(F)c3c(F)c2c1[Si](C)(C)C. The summed E-state index contributed by atoms with van der Waals surface area (Å²) in [6, 6.07) is 0. The Hall–Kier alpha value is -1.37. The molecule has 198 valence electrons. The maximum absolute atomic E-state index is 16.6. The van der Waals surface area contributed by atoms with Crippen LogP contribution in [-0.4, -0.2) is 32.3 Å². The van der Waals surface area contributed by atoms with Gasteiger partial charge in [-0.15, -0.1) is 0 Å². The maximum Gasteiger partial charge on any atom is 0.198 e. The standard InChI is InChI=1S/C26H36F6Si4/c1-33(2,3)23-15-16(18(28)14-13(17(15)27)19(29)21(31)22(32)20(14)30)24(34(4,5)6)26(36(10,11)12)25(23)35(7,8)9/h1-12H3. The molecule has 0 saturated heterocycles. The summed E-state index contributed by atoms with van der Waals surface area (Å²) in [6.45, 7) is 25.2. The summed E-state index contributed by atoms with van der Waals surface area (Å²) in [4.78, 5) is 0. The minimum Gasteiger partial charge on any atom is -0.206 e. The Labute approximate surface area is 214 Å². The second-order valence-electron chi connectivity index (χ2n) is 13.9. The molecule has 0 amide bonds. The molecule has 0 aromatic heterocycles. The summed E-state index contributed by atoms with van der Waals surface area (Å²) in [5.41, 5.74) is 0. The van der Waals surface area contributed by atoms with E-state index in [1.54, 1.807) is 0 Å². The number of hydrogen-bond donors (Lipinski definition) is 0. The maximum atomic E-state index is 16.6. The normalized spacial score (nSPS) is 13.8. The van der Waals surface area contributed by atoms with Crippen LogP contribution in [-0.2, 0) is 0 Å². The largest absolute Gasteiger partial charge is 0.206 e. The summed E-state index contributed by atoms with van der Waals surface area (Å²) in [6.07, 6.45) is 0. The predicted molar refractivity (Wildman–Crippen MR) is 153 cm³/mol. The Morgan fingerprint density at radius 2 is 0.500 bits per heavy atom. The zero-order valence-corrected chi connectivity index (χ0v) is 27.3. The molecule has 0 aliphatic heterocycles. The van der Waals surface area contributed by atoms with E-state index in [1.807, 2.05) is 39.3 Å². The van der Waals surface area contributed by atoms with Crippen LogP contribution >= 0.6 is 0 Å². The highest BCUT2D eigenvalue weighted by Gasteiger charge is 2.43. The fourth-order valence-electron chi connectivity index (χ4n) is 5.48. The molecular weight excluding hydrogens is 539 g/mol. The van der Waals surface area contributed by atoms with Gasteiger partial charge in [-0.25, -0.2) is 26.3 Å². The van der Waals surface area contributed by atoms with Gasteiger partial charge in [0.25, 0.3) is 0 Å². The van der Waals surface area contributed by atoms with E-state index in [4.69, 9.17) is 0 Å². The third-order valence-electron chi connectivity index (χ3n) is 6.65. The third-order valence-corrected chi connectivity index (χ3v) is 15.4. The van der Waals surface area contributed by atoms with Gasteiger partial charge in [-0.3, -0.25) is 0 Å². The van der Waals surface area contributed by atoms with Crippen molar-refractivity contribution in [2.24, 2.45) is 0 Å². The average Bonchev–Trinajstić information content (AvgIpc) is 2.68. The highest BCUT2D eigenvalue weighted by atomic mass is 28.3. The number of rotatable bonds is 4. The van der Waals surface area contributed by atoms with Crippen molar-refractivity contribution < 1.29 is 26.3 Å². The van der Waals surface area contributed by atoms with Gasteiger partial charge in [0.2, 0.25) is 0 Å². The van der Waals surface area contributed by atoms with E-state index in [0.717, 1.165) is 10.4 Å². The van der Waals surface area contributed by atoms with Crippen LogP contribution in [0, 0.1) is 34.9 Å². The molecule has 0 atom stereocenters. The van der Waals surface area contributed by atoms with Gasteiger partial charge in [0.15, 0.2) is 23.3 Å². The molecule has 3 aromatic rings. The highest BCUT2D eigenvalue weighted by Crippen LogP contribution is 2.36. The van der Waals surface area contributed by atoms with Crippen LogP contribution < -0.4 is 20.7 Å². The van der Waals surface area contributed by atoms with Crippen LogP contribution in [0.25, 0.3) is 21.5 Å². The van der Waals surface area contributed by atoms with E-state index in [-0.39, 0.29) is 10.8 Å². The number of halogens is 6. The Kier molecular flexibility index (Phi) is 6.95. The lowest BCUT2D eigenvalue weighted by Crippen LogP contribution is -2.73. The quantitative estimate of drug-likeness (QED) is 0.103. The second kappa shape index (κ2) is 8.57. The summed E-state index contributed by atoms with van der Waals surface area (Å²) >= 11 is 0. The second-order valence-corrected chi connectivity index (χ2v) is 33.9. The molecule has 0 bridgehead atoms. The van der Waals surface area contributed by atoms with Crippen molar-refractivity contribution in [3.05, 3.63) is 34.9 Å². The van der Waals surface area contributed by atoms with Gasteiger partial charge < -0.3 is 0 Å². The first kappa shape index (κ1) is 29.2. The molecule has 36 heavy (non-hydrogen) atoms. The predicted octanol–water partition coefficient (Wildman–Crippen LogP) is 7.01. The summed E-state index contributed by atoms with van der Waals surface area (Å²) < 4.78 is 91.7. The van der Waals surface area contributed by atoms with Crippen molar-refractivity contribution in [3.63, 3.8) is 0 Å². The summed E-state index contributed by atoms with van der Waals surface area (Å²) in [5, 5.41) is 1.09. The van der Waals surface area contributed by atoms with E-state index in [2.05, 4.69) is 39.3 Å². The molecule has 0 unspecified atom stereocenters. The molecule has 0 heterocycles. The molecule has 0 nitrogen and oxygen atoms in total. The van der Waals surface area contributed by atoms with Crippen LogP contribution in [0.3, 0.4) is 0 Å². The lowest BCUT2D eigenvalue weighted by atomic mass is 10.00. The van der Waals surface area contributed by atoms with Gasteiger partial charge in [0, 0.05) is 10.8 Å². The van der Waals surface area contributed by atoms with Crippen molar-refractivity contribution >= 4 is 74.6 Å². The minimum atomic E-state index is -2.46. The van der Waals surface area contributed by atoms with Gasteiger partial charge >= 0.3 is 0 Å². The molecule has 0 fully saturated rings. The molecule has 0 aliphatic rings. The molecule has 0 N–H and O–H groups in total. The molecule has 0 aliphatic carbocycles. The van der Waals surface area contributed by atoms with Crippen LogP contribution in [0.15, 0.2) is 0 Å². The third kappa shape index (κ3) is 4.35. The minimum absolute atomic E-state index is 0.0691. The molecule has 0 radical (unpaired) electrons. The van der Waals surface area contributed by atoms with Crippen molar-refractivity contribution in [1.29, 1.82) is 0 Å². The van der Waals surface area contributed by atoms with Crippen LogP contribution in [0.1, 0.15) is 0 Å². The Morgan fingerprint density at radius 1 is 0.278 bits per heavy atom. The van der Waals surface area contributed by atoms with Crippen molar-refractivity contribution in [2.75, 3.05) is 0 Å². The smallest absolute Gasteiger partial charge is 0.198 e. The van der Waals surface area contributed by atoms with Crippen molar-refractivity contribution in [1.82, 2.24) is 0 Å². The monoisotopic (exact) mass is 574 g/mol. The van der Waals surface area contributed by atoms with E-state index < -0.39 is 78.0 Å². The first-order chi connectivity index (χ1) is 16.0. The number of fused-ring (bicyclic) bond motifs is 2. The average molecular weight is 575 g/mol. The zero-order valence-electron chi connectivity index (χ0n) is 23.3. The lowest BCUT2D eigenvalue weighted by Gasteiger charge is -2.40. The van der Waals surface area contributed by atoms with E-state index >= 15 is 17.6 Å². The molecule has 3 aromatic carbocycles. The van der Waals surface area contributed by atoms with Gasteiger partial charge in [0.1, 0.15) is 11.6 Å². The molecule has 0 saturated carbocycles. The van der Waals surface area contributed by atoms with Gasteiger partial charge in [-0.05, 0) is 0 Å². The van der Waals surface area contributed by atoms with Crippen LogP contribution in [0.4, 0.5) is 26.3 Å². The highest BCUT2D eigenvalue weighted by molar-refractivity contribution is 7.08. The Balaban J connectivity index is 3.06. The number of benzene rings is 3. The molecule has 3 rings (SSSR count). The fourth-order valence-corrected chi connectivity index (χ4v) is 19.7. The van der Waals surface area contributed by atoms with E-state index in [9.17, 15) is 8.78 Å².